The average Bonchev–Trinajstić information content (AvgIpc) is 3.25. The number of benzene rings is 3. The lowest BCUT2D eigenvalue weighted by Crippen LogP contribution is -2.36. The molecule has 2 aliphatic heterocycles. The van der Waals surface area contributed by atoms with E-state index in [1.807, 2.05) is 25.1 Å². The van der Waals surface area contributed by atoms with E-state index in [0.29, 0.717) is 52.6 Å². The summed E-state index contributed by atoms with van der Waals surface area (Å²) < 4.78 is 18.0. The molecule has 0 aliphatic carbocycles. The predicted molar refractivity (Wildman–Crippen MR) is 182 cm³/mol. The first kappa shape index (κ1) is 32.4. The summed E-state index contributed by atoms with van der Waals surface area (Å²) in [5.74, 6) is -0.000938. The summed E-state index contributed by atoms with van der Waals surface area (Å²) in [4.78, 5) is 42.0. The highest BCUT2D eigenvalue weighted by molar-refractivity contribution is 14.1. The molecule has 3 amide bonds. The van der Waals surface area contributed by atoms with Gasteiger partial charge in [0.05, 0.1) is 28.3 Å². The highest BCUT2D eigenvalue weighted by Crippen LogP contribution is 2.38. The van der Waals surface area contributed by atoms with E-state index in [1.165, 1.54) is 0 Å². The Morgan fingerprint density at radius 3 is 2.52 bits per heavy atom. The third-order valence-corrected chi connectivity index (χ3v) is 9.01. The molecule has 9 nitrogen and oxygen atoms in total. The molecule has 3 aromatic carbocycles. The Bertz CT molecular complexity index is 1600. The topological polar surface area (TPSA) is 97.4 Å². The largest absolute Gasteiger partial charge is 0.490 e. The van der Waals surface area contributed by atoms with Gasteiger partial charge in [0.15, 0.2) is 11.5 Å². The molecule has 0 spiro atoms. The minimum absolute atomic E-state index is 0.199. The SMILES string of the molecule is CCOc1cc(/C=C2/SC(=O)N(CC(=O)Nc3ccc(N4CCOCC4)cc3)C2=O)cc(I)c1OCc1ccc(Cl)cc1Cl. The molecular formula is C31H28Cl2IN3O6S. The molecule has 0 bridgehead atoms. The monoisotopic (exact) mass is 767 g/mol. The lowest BCUT2D eigenvalue weighted by molar-refractivity contribution is -0.127. The van der Waals surface area contributed by atoms with Gasteiger partial charge >= 0.3 is 0 Å². The molecule has 1 N–H and O–H groups in total. The molecule has 0 saturated carbocycles. The number of rotatable bonds is 10. The molecule has 44 heavy (non-hydrogen) atoms. The summed E-state index contributed by atoms with van der Waals surface area (Å²) in [6, 6.07) is 16.2. The van der Waals surface area contributed by atoms with Gasteiger partial charge in [-0.05, 0) is 101 Å². The predicted octanol–water partition coefficient (Wildman–Crippen LogP) is 7.09. The number of hydrogen-bond acceptors (Lipinski definition) is 8. The molecule has 0 radical (unpaired) electrons. The maximum atomic E-state index is 13.1. The van der Waals surface area contributed by atoms with E-state index in [-0.39, 0.29) is 11.5 Å². The highest BCUT2D eigenvalue weighted by Gasteiger charge is 2.36. The Labute approximate surface area is 282 Å². The Hall–Kier alpha value is -2.97. The van der Waals surface area contributed by atoms with Crippen molar-refractivity contribution in [3.63, 3.8) is 0 Å². The second-order valence-electron chi connectivity index (χ2n) is 9.75. The first-order valence-corrected chi connectivity index (χ1v) is 16.4. The van der Waals surface area contributed by atoms with Crippen LogP contribution in [0.1, 0.15) is 18.1 Å². The van der Waals surface area contributed by atoms with E-state index < -0.39 is 23.6 Å². The molecular weight excluding hydrogens is 740 g/mol. The van der Waals surface area contributed by atoms with E-state index in [9.17, 15) is 14.4 Å². The zero-order valence-corrected chi connectivity index (χ0v) is 28.1. The molecule has 230 valence electrons. The second kappa shape index (κ2) is 14.9. The van der Waals surface area contributed by atoms with Crippen LogP contribution in [0.5, 0.6) is 11.5 Å². The number of thioether (sulfide) groups is 1. The smallest absolute Gasteiger partial charge is 0.294 e. The van der Waals surface area contributed by atoms with Crippen molar-refractivity contribution < 1.29 is 28.6 Å². The molecule has 13 heteroatoms. The number of morpholine rings is 1. The van der Waals surface area contributed by atoms with Crippen molar-refractivity contribution in [2.24, 2.45) is 0 Å². The van der Waals surface area contributed by atoms with E-state index in [4.69, 9.17) is 37.4 Å². The van der Waals surface area contributed by atoms with Gasteiger partial charge in [0.25, 0.3) is 11.1 Å². The Morgan fingerprint density at radius 2 is 1.82 bits per heavy atom. The van der Waals surface area contributed by atoms with Crippen LogP contribution in [-0.4, -0.2) is 61.4 Å². The van der Waals surface area contributed by atoms with Crippen molar-refractivity contribution in [1.29, 1.82) is 0 Å². The van der Waals surface area contributed by atoms with Gasteiger partial charge < -0.3 is 24.4 Å². The zero-order valence-electron chi connectivity index (χ0n) is 23.6. The summed E-state index contributed by atoms with van der Waals surface area (Å²) in [5.41, 5.74) is 3.02. The number of halogens is 3. The van der Waals surface area contributed by atoms with Crippen molar-refractivity contribution in [2.75, 3.05) is 49.7 Å². The second-order valence-corrected chi connectivity index (χ2v) is 12.7. The van der Waals surface area contributed by atoms with Gasteiger partial charge in [0, 0.05) is 40.1 Å². The number of imide groups is 1. The normalized spacial score (nSPS) is 16.0. The lowest BCUT2D eigenvalue weighted by atomic mass is 10.1. The fourth-order valence-electron chi connectivity index (χ4n) is 4.57. The maximum Gasteiger partial charge on any atom is 0.294 e. The zero-order chi connectivity index (χ0) is 31.2. The first-order valence-electron chi connectivity index (χ1n) is 13.7. The molecule has 0 atom stereocenters. The lowest BCUT2D eigenvalue weighted by Gasteiger charge is -2.28. The van der Waals surface area contributed by atoms with Gasteiger partial charge in [0.2, 0.25) is 5.91 Å². The number of nitrogens with zero attached hydrogens (tertiary/aromatic N) is 2. The van der Waals surface area contributed by atoms with Gasteiger partial charge in [-0.1, -0.05) is 29.3 Å². The number of carbonyl (C=O) groups is 3. The molecule has 3 aromatic rings. The van der Waals surface area contributed by atoms with Crippen molar-refractivity contribution in [3.8, 4) is 11.5 Å². The summed E-state index contributed by atoms with van der Waals surface area (Å²) >= 11 is 15.2. The van der Waals surface area contributed by atoms with Crippen LogP contribution in [-0.2, 0) is 20.9 Å². The van der Waals surface area contributed by atoms with Crippen LogP contribution in [0.2, 0.25) is 10.0 Å². The summed E-state index contributed by atoms with van der Waals surface area (Å²) in [6.07, 6.45) is 1.61. The minimum atomic E-state index is -0.538. The summed E-state index contributed by atoms with van der Waals surface area (Å²) in [6.45, 7) is 5.02. The van der Waals surface area contributed by atoms with Crippen LogP contribution < -0.4 is 19.7 Å². The molecule has 5 rings (SSSR count). The van der Waals surface area contributed by atoms with Gasteiger partial charge in [-0.3, -0.25) is 19.3 Å². The van der Waals surface area contributed by atoms with E-state index >= 15 is 0 Å². The standard InChI is InChI=1S/C31H28Cl2IN3O6S/c1-2-42-26-14-19(13-25(34)29(26)43-18-20-3-4-21(32)16-24(20)33)15-27-30(39)37(31(40)44-27)17-28(38)35-22-5-7-23(8-6-22)36-9-11-41-12-10-36/h3-8,13-16H,2,9-12,17-18H2,1H3,(H,35,38)/b27-15+. The Morgan fingerprint density at radius 1 is 1.07 bits per heavy atom. The Kier molecular flexibility index (Phi) is 11.0. The van der Waals surface area contributed by atoms with Gasteiger partial charge in [-0.25, -0.2) is 0 Å². The third-order valence-electron chi connectivity index (χ3n) is 6.72. The number of carbonyl (C=O) groups excluding carboxylic acids is 3. The minimum Gasteiger partial charge on any atom is -0.490 e. The fourth-order valence-corrected chi connectivity index (χ4v) is 6.65. The Balaban J connectivity index is 1.24. The van der Waals surface area contributed by atoms with Crippen LogP contribution in [0, 0.1) is 3.57 Å². The quantitative estimate of drug-likeness (QED) is 0.173. The van der Waals surface area contributed by atoms with Gasteiger partial charge in [-0.2, -0.15) is 0 Å². The van der Waals surface area contributed by atoms with E-state index in [0.717, 1.165) is 44.6 Å². The number of anilines is 2. The van der Waals surface area contributed by atoms with Crippen LogP contribution in [0.25, 0.3) is 6.08 Å². The molecule has 0 unspecified atom stereocenters. The summed E-state index contributed by atoms with van der Waals surface area (Å²) in [5, 5.41) is 3.28. The fraction of sp³-hybridized carbons (Fsp3) is 0.258. The van der Waals surface area contributed by atoms with Crippen molar-refractivity contribution in [1.82, 2.24) is 4.90 Å². The molecule has 2 heterocycles. The van der Waals surface area contributed by atoms with Gasteiger partial charge in [0.1, 0.15) is 13.2 Å². The highest BCUT2D eigenvalue weighted by atomic mass is 127. The van der Waals surface area contributed by atoms with Crippen LogP contribution >= 0.6 is 57.6 Å². The number of ether oxygens (including phenoxy) is 3. The molecule has 2 saturated heterocycles. The van der Waals surface area contributed by atoms with Crippen LogP contribution in [0.3, 0.4) is 0 Å². The first-order chi connectivity index (χ1) is 21.2. The van der Waals surface area contributed by atoms with Crippen molar-refractivity contribution in [3.05, 3.63) is 84.2 Å². The van der Waals surface area contributed by atoms with Crippen molar-refractivity contribution in [2.45, 2.75) is 13.5 Å². The third kappa shape index (κ3) is 7.99. The molecule has 0 aromatic heterocycles. The van der Waals surface area contributed by atoms with Gasteiger partial charge in [-0.15, -0.1) is 0 Å². The van der Waals surface area contributed by atoms with E-state index in [2.05, 4.69) is 32.8 Å². The van der Waals surface area contributed by atoms with Crippen LogP contribution in [0.15, 0.2) is 59.5 Å². The number of nitrogens with one attached hydrogen (secondary N) is 1. The van der Waals surface area contributed by atoms with Crippen LogP contribution in [0.4, 0.5) is 16.2 Å². The maximum absolute atomic E-state index is 13.1. The number of amides is 3. The van der Waals surface area contributed by atoms with E-state index in [1.54, 1.807) is 42.5 Å². The summed E-state index contributed by atoms with van der Waals surface area (Å²) in [7, 11) is 0. The number of hydrogen-bond donors (Lipinski definition) is 1. The molecule has 2 aliphatic rings. The average molecular weight is 768 g/mol. The van der Waals surface area contributed by atoms with Crippen molar-refractivity contribution >= 4 is 92.1 Å². The molecule has 2 fully saturated rings.